The third-order valence-corrected chi connectivity index (χ3v) is 4.91. The highest BCUT2D eigenvalue weighted by molar-refractivity contribution is 5.78. The van der Waals surface area contributed by atoms with Gasteiger partial charge >= 0.3 is 0 Å². The molecule has 1 fully saturated rings. The molecule has 0 aliphatic heterocycles. The minimum atomic E-state index is 0.263. The van der Waals surface area contributed by atoms with Gasteiger partial charge < -0.3 is 4.52 Å². The lowest BCUT2D eigenvalue weighted by Gasteiger charge is -2.23. The van der Waals surface area contributed by atoms with Crippen molar-refractivity contribution in [2.45, 2.75) is 45.4 Å². The Morgan fingerprint density at radius 1 is 1.36 bits per heavy atom. The number of benzene rings is 1. The Hall–Kier alpha value is -2.17. The Labute approximate surface area is 129 Å². The van der Waals surface area contributed by atoms with Gasteiger partial charge in [0, 0.05) is 17.7 Å². The number of rotatable bonds is 3. The van der Waals surface area contributed by atoms with E-state index in [4.69, 9.17) is 4.52 Å². The molecule has 1 aromatic carbocycles. The van der Waals surface area contributed by atoms with E-state index in [2.05, 4.69) is 52.4 Å². The highest BCUT2D eigenvalue weighted by Gasteiger charge is 2.39. The van der Waals surface area contributed by atoms with E-state index in [1.54, 1.807) is 0 Å². The molecule has 1 aliphatic rings. The van der Waals surface area contributed by atoms with E-state index in [-0.39, 0.29) is 5.41 Å². The molecule has 2 heterocycles. The first kappa shape index (κ1) is 13.5. The van der Waals surface area contributed by atoms with Crippen LogP contribution in [0.1, 0.15) is 56.3 Å². The van der Waals surface area contributed by atoms with Crippen molar-refractivity contribution >= 4 is 10.9 Å². The maximum Gasteiger partial charge on any atom is 0.230 e. The first-order chi connectivity index (χ1) is 10.6. The van der Waals surface area contributed by atoms with Crippen LogP contribution in [0.3, 0.4) is 0 Å². The van der Waals surface area contributed by atoms with Crippen LogP contribution in [0, 0.1) is 5.41 Å². The molecular weight excluding hydrogens is 276 g/mol. The van der Waals surface area contributed by atoms with Gasteiger partial charge in [0.15, 0.2) is 5.82 Å². The van der Waals surface area contributed by atoms with Crippen LogP contribution in [0.4, 0.5) is 0 Å². The zero-order valence-corrected chi connectivity index (χ0v) is 13.0. The summed E-state index contributed by atoms with van der Waals surface area (Å²) in [7, 11) is 0. The Morgan fingerprint density at radius 3 is 3.09 bits per heavy atom. The zero-order chi connectivity index (χ0) is 15.2. The molecule has 0 saturated heterocycles. The molecule has 3 aromatic rings. The summed E-state index contributed by atoms with van der Waals surface area (Å²) in [6, 6.07) is 6.25. The molecule has 2 aromatic heterocycles. The van der Waals surface area contributed by atoms with Crippen LogP contribution in [0.2, 0.25) is 0 Å². The van der Waals surface area contributed by atoms with Crippen molar-refractivity contribution in [2.24, 2.45) is 5.41 Å². The summed E-state index contributed by atoms with van der Waals surface area (Å²) in [4.78, 5) is 4.65. The first-order valence-electron chi connectivity index (χ1n) is 7.86. The predicted octanol–water partition coefficient (Wildman–Crippen LogP) is 3.83. The van der Waals surface area contributed by atoms with E-state index in [0.717, 1.165) is 34.6 Å². The fourth-order valence-electron chi connectivity index (χ4n) is 3.54. The monoisotopic (exact) mass is 296 g/mol. The molecule has 1 saturated carbocycles. The molecule has 1 aliphatic carbocycles. The quantitative estimate of drug-likeness (QED) is 0.797. The lowest BCUT2D eigenvalue weighted by Crippen LogP contribution is -2.15. The fourth-order valence-corrected chi connectivity index (χ4v) is 3.54. The minimum absolute atomic E-state index is 0.263. The average molecular weight is 296 g/mol. The maximum atomic E-state index is 5.55. The molecule has 1 atom stereocenters. The zero-order valence-electron chi connectivity index (χ0n) is 13.0. The van der Waals surface area contributed by atoms with Gasteiger partial charge in [-0.25, -0.2) is 0 Å². The molecule has 0 bridgehead atoms. The number of hydrogen-bond donors (Lipinski definition) is 1. The Bertz CT molecular complexity index is 802. The van der Waals surface area contributed by atoms with Gasteiger partial charge in [-0.15, -0.1) is 0 Å². The number of aromatic amines is 1. The summed E-state index contributed by atoms with van der Waals surface area (Å²) in [6.45, 7) is 4.58. The van der Waals surface area contributed by atoms with Crippen LogP contribution in [0.5, 0.6) is 0 Å². The molecule has 0 spiro atoms. The van der Waals surface area contributed by atoms with E-state index in [0.29, 0.717) is 12.3 Å². The van der Waals surface area contributed by atoms with Gasteiger partial charge in [-0.05, 0) is 29.9 Å². The molecule has 0 amide bonds. The van der Waals surface area contributed by atoms with E-state index < -0.39 is 0 Å². The smallest absolute Gasteiger partial charge is 0.230 e. The van der Waals surface area contributed by atoms with Crippen LogP contribution in [0.15, 0.2) is 28.9 Å². The number of H-pyrrole nitrogens is 1. The van der Waals surface area contributed by atoms with Crippen molar-refractivity contribution in [1.82, 2.24) is 20.3 Å². The van der Waals surface area contributed by atoms with Crippen molar-refractivity contribution in [3.63, 3.8) is 0 Å². The standard InChI is InChI=1S/C17H20N4O/c1-17(2)7-3-4-13(17)16-19-15(21-22-16)9-11-5-6-12-10-18-20-14(12)8-11/h5-6,8,10,13H,3-4,7,9H2,1-2H3,(H,18,20). The number of aromatic nitrogens is 4. The summed E-state index contributed by atoms with van der Waals surface area (Å²) < 4.78 is 5.55. The highest BCUT2D eigenvalue weighted by Crippen LogP contribution is 2.48. The number of nitrogens with one attached hydrogen (secondary N) is 1. The van der Waals surface area contributed by atoms with E-state index in [1.165, 1.54) is 12.8 Å². The molecule has 5 nitrogen and oxygen atoms in total. The second kappa shape index (κ2) is 4.93. The second-order valence-corrected chi connectivity index (χ2v) is 6.95. The van der Waals surface area contributed by atoms with Crippen LogP contribution < -0.4 is 0 Å². The van der Waals surface area contributed by atoms with Crippen molar-refractivity contribution in [1.29, 1.82) is 0 Å². The molecule has 22 heavy (non-hydrogen) atoms. The van der Waals surface area contributed by atoms with Gasteiger partial charge in [-0.2, -0.15) is 10.1 Å². The van der Waals surface area contributed by atoms with Crippen molar-refractivity contribution < 1.29 is 4.52 Å². The van der Waals surface area contributed by atoms with Crippen molar-refractivity contribution in [3.8, 4) is 0 Å². The van der Waals surface area contributed by atoms with Crippen LogP contribution in [0.25, 0.3) is 10.9 Å². The third-order valence-electron chi connectivity index (χ3n) is 4.91. The van der Waals surface area contributed by atoms with Crippen LogP contribution in [-0.2, 0) is 6.42 Å². The summed E-state index contributed by atoms with van der Waals surface area (Å²) in [6.07, 6.45) is 6.13. The molecule has 1 N–H and O–H groups in total. The molecule has 0 radical (unpaired) electrons. The topological polar surface area (TPSA) is 67.6 Å². The summed E-state index contributed by atoms with van der Waals surface area (Å²) in [5.74, 6) is 1.96. The highest BCUT2D eigenvalue weighted by atomic mass is 16.5. The van der Waals surface area contributed by atoms with E-state index >= 15 is 0 Å². The third kappa shape index (κ3) is 2.30. The second-order valence-electron chi connectivity index (χ2n) is 6.95. The van der Waals surface area contributed by atoms with Crippen molar-refractivity contribution in [2.75, 3.05) is 0 Å². The lowest BCUT2D eigenvalue weighted by atomic mass is 9.82. The molecule has 4 rings (SSSR count). The van der Waals surface area contributed by atoms with E-state index in [1.807, 2.05) is 6.20 Å². The van der Waals surface area contributed by atoms with Gasteiger partial charge in [0.25, 0.3) is 0 Å². The number of nitrogens with zero attached hydrogens (tertiary/aromatic N) is 3. The van der Waals surface area contributed by atoms with E-state index in [9.17, 15) is 0 Å². The summed E-state index contributed by atoms with van der Waals surface area (Å²) in [5, 5.41) is 12.3. The Morgan fingerprint density at radius 2 is 2.27 bits per heavy atom. The normalized spacial score (nSPS) is 20.7. The summed E-state index contributed by atoms with van der Waals surface area (Å²) >= 11 is 0. The molecule has 114 valence electrons. The minimum Gasteiger partial charge on any atom is -0.339 e. The van der Waals surface area contributed by atoms with Gasteiger partial charge in [0.05, 0.1) is 11.7 Å². The number of fused-ring (bicyclic) bond motifs is 1. The van der Waals surface area contributed by atoms with Gasteiger partial charge in [0.1, 0.15) is 0 Å². The van der Waals surface area contributed by atoms with Gasteiger partial charge in [-0.1, -0.05) is 37.6 Å². The summed E-state index contributed by atoms with van der Waals surface area (Å²) in [5.41, 5.74) is 2.46. The Kier molecular flexibility index (Phi) is 3.03. The maximum absolute atomic E-state index is 5.55. The van der Waals surface area contributed by atoms with Crippen LogP contribution in [-0.4, -0.2) is 20.3 Å². The SMILES string of the molecule is CC1(C)CCCC1c1nc(Cc2ccc3cn[nH]c3c2)no1. The largest absolute Gasteiger partial charge is 0.339 e. The molecular formula is C17H20N4O. The lowest BCUT2D eigenvalue weighted by molar-refractivity contribution is 0.260. The van der Waals surface area contributed by atoms with Crippen LogP contribution >= 0.6 is 0 Å². The molecule has 1 unspecified atom stereocenters. The average Bonchev–Trinajstić information content (AvgIpc) is 3.17. The number of hydrogen-bond acceptors (Lipinski definition) is 4. The Balaban J connectivity index is 1.56. The van der Waals surface area contributed by atoms with Crippen molar-refractivity contribution in [3.05, 3.63) is 41.7 Å². The fraction of sp³-hybridized carbons (Fsp3) is 0.471. The van der Waals surface area contributed by atoms with Gasteiger partial charge in [-0.3, -0.25) is 5.10 Å². The van der Waals surface area contributed by atoms with Gasteiger partial charge in [0.2, 0.25) is 5.89 Å². The predicted molar refractivity (Wildman–Crippen MR) is 83.6 cm³/mol. The molecule has 5 heteroatoms. The first-order valence-corrected chi connectivity index (χ1v) is 7.86.